The van der Waals surface area contributed by atoms with Gasteiger partial charge in [-0.3, -0.25) is 14.2 Å². The van der Waals surface area contributed by atoms with Gasteiger partial charge in [0.05, 0.1) is 23.4 Å². The number of nitriles is 1. The third-order valence-electron chi connectivity index (χ3n) is 5.19. The van der Waals surface area contributed by atoms with Gasteiger partial charge in [-0.1, -0.05) is 30.3 Å². The molecule has 138 valence electrons. The van der Waals surface area contributed by atoms with Gasteiger partial charge < -0.3 is 5.32 Å². The van der Waals surface area contributed by atoms with Crippen LogP contribution in [0.1, 0.15) is 45.2 Å². The standard InChI is InChI=1S/C23H19N3O2/c1-15-9-11-20(23(28)26(15)18-7-4-5-16(13-18)14-24)22(27)25-21-12-10-17-6-2-3-8-19(17)21/h2-9,11,13,21H,10,12H2,1H3,(H,25,27). The number of benzene rings is 2. The Hall–Kier alpha value is -3.65. The fraction of sp³-hybridized carbons (Fsp3) is 0.174. The number of rotatable bonds is 3. The zero-order valence-electron chi connectivity index (χ0n) is 15.5. The number of hydrogen-bond donors (Lipinski definition) is 1. The van der Waals surface area contributed by atoms with Crippen LogP contribution in [0.5, 0.6) is 0 Å². The first-order chi connectivity index (χ1) is 13.6. The first-order valence-corrected chi connectivity index (χ1v) is 9.20. The molecule has 1 atom stereocenters. The summed E-state index contributed by atoms with van der Waals surface area (Å²) in [5, 5.41) is 12.1. The number of aryl methyl sites for hydroxylation is 2. The van der Waals surface area contributed by atoms with Crippen LogP contribution in [0.2, 0.25) is 0 Å². The predicted molar refractivity (Wildman–Crippen MR) is 106 cm³/mol. The molecule has 0 spiro atoms. The van der Waals surface area contributed by atoms with Gasteiger partial charge in [0.15, 0.2) is 0 Å². The maximum Gasteiger partial charge on any atom is 0.268 e. The van der Waals surface area contributed by atoms with Crippen LogP contribution in [0.4, 0.5) is 0 Å². The van der Waals surface area contributed by atoms with Crippen molar-refractivity contribution in [2.75, 3.05) is 0 Å². The molecule has 28 heavy (non-hydrogen) atoms. The van der Waals surface area contributed by atoms with Gasteiger partial charge in [0.1, 0.15) is 5.56 Å². The van der Waals surface area contributed by atoms with Gasteiger partial charge in [-0.2, -0.15) is 5.26 Å². The molecular formula is C23H19N3O2. The van der Waals surface area contributed by atoms with E-state index >= 15 is 0 Å². The predicted octanol–water partition coefficient (Wildman–Crippen LogP) is 3.43. The average Bonchev–Trinajstić information content (AvgIpc) is 3.11. The third kappa shape index (κ3) is 3.10. The van der Waals surface area contributed by atoms with E-state index in [-0.39, 0.29) is 23.1 Å². The summed E-state index contributed by atoms with van der Waals surface area (Å²) in [6.07, 6.45) is 1.75. The van der Waals surface area contributed by atoms with E-state index in [2.05, 4.69) is 17.5 Å². The molecule has 1 unspecified atom stereocenters. The quantitative estimate of drug-likeness (QED) is 0.768. The lowest BCUT2D eigenvalue weighted by molar-refractivity contribution is 0.0935. The molecule has 0 saturated heterocycles. The maximum absolute atomic E-state index is 13.1. The number of carbonyl (C=O) groups excluding carboxylic acids is 1. The molecule has 0 aliphatic heterocycles. The van der Waals surface area contributed by atoms with Crippen LogP contribution in [-0.2, 0) is 6.42 Å². The number of carbonyl (C=O) groups is 1. The van der Waals surface area contributed by atoms with E-state index in [1.54, 1.807) is 43.3 Å². The van der Waals surface area contributed by atoms with Crippen molar-refractivity contribution in [3.8, 4) is 11.8 Å². The Labute approximate surface area is 162 Å². The lowest BCUT2D eigenvalue weighted by Gasteiger charge is -2.16. The molecule has 5 heteroatoms. The van der Waals surface area contributed by atoms with Crippen molar-refractivity contribution in [3.63, 3.8) is 0 Å². The molecule has 0 saturated carbocycles. The number of aromatic nitrogens is 1. The molecule has 0 bridgehead atoms. The van der Waals surface area contributed by atoms with Gasteiger partial charge >= 0.3 is 0 Å². The molecule has 1 heterocycles. The second-order valence-corrected chi connectivity index (χ2v) is 6.95. The van der Waals surface area contributed by atoms with Gasteiger partial charge in [0.2, 0.25) is 0 Å². The van der Waals surface area contributed by atoms with Crippen LogP contribution in [0.25, 0.3) is 5.69 Å². The zero-order valence-corrected chi connectivity index (χ0v) is 15.5. The van der Waals surface area contributed by atoms with E-state index in [1.807, 2.05) is 18.2 Å². The van der Waals surface area contributed by atoms with Crippen molar-refractivity contribution < 1.29 is 4.79 Å². The summed E-state index contributed by atoms with van der Waals surface area (Å²) in [4.78, 5) is 25.9. The molecule has 1 aromatic heterocycles. The summed E-state index contributed by atoms with van der Waals surface area (Å²) in [7, 11) is 0. The van der Waals surface area contributed by atoms with Crippen LogP contribution in [0.3, 0.4) is 0 Å². The number of nitrogens with zero attached hydrogens (tertiary/aromatic N) is 2. The number of amides is 1. The Bertz CT molecular complexity index is 1170. The Morgan fingerprint density at radius 2 is 1.96 bits per heavy atom. The Kier molecular flexibility index (Phi) is 4.54. The number of hydrogen-bond acceptors (Lipinski definition) is 3. The van der Waals surface area contributed by atoms with Gasteiger partial charge in [0, 0.05) is 5.69 Å². The van der Waals surface area contributed by atoms with Crippen molar-refractivity contribution >= 4 is 5.91 Å². The minimum absolute atomic E-state index is 0.0835. The van der Waals surface area contributed by atoms with E-state index in [4.69, 9.17) is 5.26 Å². The van der Waals surface area contributed by atoms with E-state index in [0.29, 0.717) is 16.9 Å². The molecule has 1 aliphatic carbocycles. The van der Waals surface area contributed by atoms with Gasteiger partial charge in [0.25, 0.3) is 11.5 Å². The summed E-state index contributed by atoms with van der Waals surface area (Å²) in [6, 6.07) is 20.2. The summed E-state index contributed by atoms with van der Waals surface area (Å²) in [5.74, 6) is -0.378. The molecule has 3 aromatic rings. The lowest BCUT2D eigenvalue weighted by atomic mass is 10.1. The lowest BCUT2D eigenvalue weighted by Crippen LogP contribution is -2.34. The van der Waals surface area contributed by atoms with Crippen molar-refractivity contribution in [3.05, 3.63) is 99.0 Å². The minimum Gasteiger partial charge on any atom is -0.345 e. The topological polar surface area (TPSA) is 74.9 Å². The van der Waals surface area contributed by atoms with Crippen molar-refractivity contribution in [2.24, 2.45) is 0 Å². The third-order valence-corrected chi connectivity index (χ3v) is 5.19. The number of fused-ring (bicyclic) bond motifs is 1. The molecule has 1 amide bonds. The maximum atomic E-state index is 13.1. The second-order valence-electron chi connectivity index (χ2n) is 6.95. The van der Waals surface area contributed by atoms with E-state index in [0.717, 1.165) is 18.4 Å². The number of pyridine rings is 1. The summed E-state index contributed by atoms with van der Waals surface area (Å²) >= 11 is 0. The summed E-state index contributed by atoms with van der Waals surface area (Å²) < 4.78 is 1.47. The van der Waals surface area contributed by atoms with Gasteiger partial charge in [-0.15, -0.1) is 0 Å². The zero-order chi connectivity index (χ0) is 19.7. The van der Waals surface area contributed by atoms with Crippen LogP contribution in [0.15, 0.2) is 65.5 Å². The normalized spacial score (nSPS) is 14.9. The highest BCUT2D eigenvalue weighted by atomic mass is 16.2. The van der Waals surface area contributed by atoms with Gasteiger partial charge in [-0.05, 0) is 61.2 Å². The van der Waals surface area contributed by atoms with Gasteiger partial charge in [-0.25, -0.2) is 0 Å². The van der Waals surface area contributed by atoms with E-state index in [9.17, 15) is 9.59 Å². The molecule has 4 rings (SSSR count). The molecule has 0 fully saturated rings. The van der Waals surface area contributed by atoms with E-state index in [1.165, 1.54) is 10.1 Å². The second kappa shape index (κ2) is 7.16. The number of nitrogens with one attached hydrogen (secondary N) is 1. The summed E-state index contributed by atoms with van der Waals surface area (Å²) in [6.45, 7) is 1.80. The Morgan fingerprint density at radius 3 is 2.79 bits per heavy atom. The van der Waals surface area contributed by atoms with Crippen LogP contribution in [0, 0.1) is 18.3 Å². The highest BCUT2D eigenvalue weighted by Gasteiger charge is 2.25. The molecule has 5 nitrogen and oxygen atoms in total. The van der Waals surface area contributed by atoms with Crippen LogP contribution < -0.4 is 10.9 Å². The van der Waals surface area contributed by atoms with Crippen LogP contribution in [-0.4, -0.2) is 10.5 Å². The molecule has 1 aliphatic rings. The molecule has 1 N–H and O–H groups in total. The Balaban J connectivity index is 1.69. The van der Waals surface area contributed by atoms with Crippen molar-refractivity contribution in [2.45, 2.75) is 25.8 Å². The summed E-state index contributed by atoms with van der Waals surface area (Å²) in [5.41, 5.74) is 3.79. The molecule has 2 aromatic carbocycles. The fourth-order valence-corrected chi connectivity index (χ4v) is 3.78. The minimum atomic E-state index is -0.390. The first kappa shape index (κ1) is 17.7. The highest BCUT2D eigenvalue weighted by molar-refractivity contribution is 5.94. The SMILES string of the molecule is Cc1ccc(C(=O)NC2CCc3ccccc32)c(=O)n1-c1cccc(C#N)c1. The molecular weight excluding hydrogens is 350 g/mol. The van der Waals surface area contributed by atoms with Crippen molar-refractivity contribution in [1.29, 1.82) is 5.26 Å². The Morgan fingerprint density at radius 1 is 1.14 bits per heavy atom. The monoisotopic (exact) mass is 369 g/mol. The van der Waals surface area contributed by atoms with Crippen LogP contribution >= 0.6 is 0 Å². The smallest absolute Gasteiger partial charge is 0.268 e. The first-order valence-electron chi connectivity index (χ1n) is 9.20. The average molecular weight is 369 g/mol. The largest absolute Gasteiger partial charge is 0.345 e. The highest BCUT2D eigenvalue weighted by Crippen LogP contribution is 2.30. The van der Waals surface area contributed by atoms with Crippen molar-refractivity contribution in [1.82, 2.24) is 9.88 Å². The molecule has 0 radical (unpaired) electrons. The van der Waals surface area contributed by atoms with E-state index < -0.39 is 0 Å². The fourth-order valence-electron chi connectivity index (χ4n) is 3.78.